The number of nitrogens with zero attached hydrogens (tertiary/aromatic N) is 1. The number of carbonyl (C=O) groups is 1. The van der Waals surface area contributed by atoms with Crippen molar-refractivity contribution in [1.82, 2.24) is 10.6 Å². The SMILES string of the molecule is CCNC(=NCc1cccc(NC(C)=O)c1)NCC(C)(C)c1ccccc1. The first-order chi connectivity index (χ1) is 12.9. The van der Waals surface area contributed by atoms with Crippen molar-refractivity contribution in [3.63, 3.8) is 0 Å². The number of amides is 1. The van der Waals surface area contributed by atoms with E-state index in [9.17, 15) is 4.79 Å². The van der Waals surface area contributed by atoms with Gasteiger partial charge in [-0.25, -0.2) is 4.99 Å². The van der Waals surface area contributed by atoms with Gasteiger partial charge in [0.15, 0.2) is 5.96 Å². The molecule has 144 valence electrons. The van der Waals surface area contributed by atoms with Crippen LogP contribution in [-0.2, 0) is 16.8 Å². The molecule has 27 heavy (non-hydrogen) atoms. The van der Waals surface area contributed by atoms with E-state index in [0.717, 1.165) is 30.3 Å². The van der Waals surface area contributed by atoms with E-state index in [-0.39, 0.29) is 11.3 Å². The van der Waals surface area contributed by atoms with Gasteiger partial charge >= 0.3 is 0 Å². The molecule has 0 spiro atoms. The number of aliphatic imine (C=N–C) groups is 1. The molecule has 3 N–H and O–H groups in total. The van der Waals surface area contributed by atoms with Gasteiger partial charge in [0.2, 0.25) is 5.91 Å². The van der Waals surface area contributed by atoms with Crippen LogP contribution in [0.25, 0.3) is 0 Å². The Hall–Kier alpha value is -2.82. The molecule has 5 nitrogen and oxygen atoms in total. The summed E-state index contributed by atoms with van der Waals surface area (Å²) in [5.41, 5.74) is 3.11. The second-order valence-corrected chi connectivity index (χ2v) is 7.18. The van der Waals surface area contributed by atoms with Crippen molar-refractivity contribution in [3.8, 4) is 0 Å². The quantitative estimate of drug-likeness (QED) is 0.517. The summed E-state index contributed by atoms with van der Waals surface area (Å²) in [6.07, 6.45) is 0. The molecular weight excluding hydrogens is 336 g/mol. The molecule has 2 aromatic carbocycles. The number of nitrogens with one attached hydrogen (secondary N) is 3. The normalized spacial score (nSPS) is 11.8. The summed E-state index contributed by atoms with van der Waals surface area (Å²) in [5.74, 6) is 0.709. The molecule has 0 atom stereocenters. The van der Waals surface area contributed by atoms with E-state index in [1.807, 2.05) is 30.3 Å². The Balaban J connectivity index is 2.03. The molecule has 2 rings (SSSR count). The molecule has 0 radical (unpaired) electrons. The van der Waals surface area contributed by atoms with Gasteiger partial charge in [0, 0.05) is 31.1 Å². The molecule has 0 unspecified atom stereocenters. The Bertz CT molecular complexity index is 769. The second-order valence-electron chi connectivity index (χ2n) is 7.18. The highest BCUT2D eigenvalue weighted by molar-refractivity contribution is 5.88. The van der Waals surface area contributed by atoms with Gasteiger partial charge in [0.25, 0.3) is 0 Å². The van der Waals surface area contributed by atoms with Crippen molar-refractivity contribution >= 4 is 17.6 Å². The molecule has 0 saturated heterocycles. The van der Waals surface area contributed by atoms with Crippen molar-refractivity contribution in [3.05, 3.63) is 65.7 Å². The number of anilines is 1. The Morgan fingerprint density at radius 2 is 1.78 bits per heavy atom. The molecule has 0 heterocycles. The number of carbonyl (C=O) groups excluding carboxylic acids is 1. The minimum atomic E-state index is -0.0752. The van der Waals surface area contributed by atoms with E-state index in [1.165, 1.54) is 12.5 Å². The summed E-state index contributed by atoms with van der Waals surface area (Å²) >= 11 is 0. The highest BCUT2D eigenvalue weighted by Gasteiger charge is 2.20. The third-order valence-electron chi connectivity index (χ3n) is 4.26. The third-order valence-corrected chi connectivity index (χ3v) is 4.26. The molecule has 1 amide bonds. The topological polar surface area (TPSA) is 65.5 Å². The number of hydrogen-bond acceptors (Lipinski definition) is 2. The van der Waals surface area contributed by atoms with Crippen molar-refractivity contribution in [2.75, 3.05) is 18.4 Å². The van der Waals surface area contributed by atoms with E-state index in [1.54, 1.807) is 0 Å². The van der Waals surface area contributed by atoms with Gasteiger partial charge in [-0.15, -0.1) is 0 Å². The van der Waals surface area contributed by atoms with Gasteiger partial charge in [-0.1, -0.05) is 56.3 Å². The lowest BCUT2D eigenvalue weighted by molar-refractivity contribution is -0.114. The monoisotopic (exact) mass is 366 g/mol. The van der Waals surface area contributed by atoms with E-state index in [2.05, 4.69) is 66.0 Å². The Labute approximate surface area is 162 Å². The lowest BCUT2D eigenvalue weighted by Gasteiger charge is -2.26. The van der Waals surface area contributed by atoms with Gasteiger partial charge in [-0.3, -0.25) is 4.79 Å². The van der Waals surface area contributed by atoms with Gasteiger partial charge in [0.05, 0.1) is 6.54 Å². The first-order valence-electron chi connectivity index (χ1n) is 9.35. The molecule has 0 aliphatic carbocycles. The predicted octanol–water partition coefficient (Wildman–Crippen LogP) is 3.68. The van der Waals surface area contributed by atoms with Crippen LogP contribution in [-0.4, -0.2) is 25.0 Å². The molecule has 0 saturated carbocycles. The minimum Gasteiger partial charge on any atom is -0.357 e. The number of guanidine groups is 1. The van der Waals surface area contributed by atoms with Gasteiger partial charge in [-0.05, 0) is 30.2 Å². The van der Waals surface area contributed by atoms with Crippen molar-refractivity contribution in [2.45, 2.75) is 39.7 Å². The minimum absolute atomic E-state index is 0.0111. The first kappa shape index (κ1) is 20.5. The summed E-state index contributed by atoms with van der Waals surface area (Å²) in [5, 5.41) is 9.54. The van der Waals surface area contributed by atoms with Gasteiger partial charge in [-0.2, -0.15) is 0 Å². The van der Waals surface area contributed by atoms with Crippen LogP contribution in [0.5, 0.6) is 0 Å². The molecule has 5 heteroatoms. The van der Waals surface area contributed by atoms with Gasteiger partial charge < -0.3 is 16.0 Å². The second kappa shape index (κ2) is 9.76. The fraction of sp³-hybridized carbons (Fsp3) is 0.364. The van der Waals surface area contributed by atoms with Crippen molar-refractivity contribution in [2.24, 2.45) is 4.99 Å². The maximum Gasteiger partial charge on any atom is 0.221 e. The maximum atomic E-state index is 11.2. The summed E-state index contributed by atoms with van der Waals surface area (Å²) < 4.78 is 0. The lowest BCUT2D eigenvalue weighted by Crippen LogP contribution is -2.43. The fourth-order valence-corrected chi connectivity index (χ4v) is 2.76. The van der Waals surface area contributed by atoms with E-state index in [4.69, 9.17) is 0 Å². The Morgan fingerprint density at radius 1 is 1.04 bits per heavy atom. The van der Waals surface area contributed by atoms with E-state index in [0.29, 0.717) is 6.54 Å². The number of rotatable bonds is 7. The summed E-state index contributed by atoms with van der Waals surface area (Å²) in [7, 11) is 0. The van der Waals surface area contributed by atoms with Crippen LogP contribution in [0, 0.1) is 0 Å². The highest BCUT2D eigenvalue weighted by atomic mass is 16.1. The predicted molar refractivity (Wildman–Crippen MR) is 113 cm³/mol. The van der Waals surface area contributed by atoms with Crippen LogP contribution in [0.1, 0.15) is 38.8 Å². The average molecular weight is 367 g/mol. The molecule has 0 aromatic heterocycles. The third kappa shape index (κ3) is 6.77. The fourth-order valence-electron chi connectivity index (χ4n) is 2.76. The summed E-state index contributed by atoms with van der Waals surface area (Å²) in [4.78, 5) is 15.9. The average Bonchev–Trinajstić information content (AvgIpc) is 2.64. The molecule has 0 bridgehead atoms. The largest absolute Gasteiger partial charge is 0.357 e. The number of hydrogen-bond donors (Lipinski definition) is 3. The Morgan fingerprint density at radius 3 is 2.44 bits per heavy atom. The smallest absolute Gasteiger partial charge is 0.221 e. The van der Waals surface area contributed by atoms with Crippen LogP contribution >= 0.6 is 0 Å². The molecule has 0 aliphatic heterocycles. The zero-order valence-electron chi connectivity index (χ0n) is 16.7. The standard InChI is InChI=1S/C22H30N4O/c1-5-23-21(25-16-22(3,4)19-11-7-6-8-12-19)24-15-18-10-9-13-20(14-18)26-17(2)27/h6-14H,5,15-16H2,1-4H3,(H,26,27)(H2,23,24,25). The zero-order valence-corrected chi connectivity index (χ0v) is 16.7. The van der Waals surface area contributed by atoms with Crippen molar-refractivity contribution in [1.29, 1.82) is 0 Å². The van der Waals surface area contributed by atoms with Crippen LogP contribution in [0.4, 0.5) is 5.69 Å². The highest BCUT2D eigenvalue weighted by Crippen LogP contribution is 2.21. The van der Waals surface area contributed by atoms with Crippen LogP contribution in [0.2, 0.25) is 0 Å². The molecule has 0 aliphatic rings. The first-order valence-corrected chi connectivity index (χ1v) is 9.35. The molecule has 2 aromatic rings. The van der Waals surface area contributed by atoms with E-state index < -0.39 is 0 Å². The van der Waals surface area contributed by atoms with Crippen LogP contribution in [0.15, 0.2) is 59.6 Å². The van der Waals surface area contributed by atoms with Crippen molar-refractivity contribution < 1.29 is 4.79 Å². The maximum absolute atomic E-state index is 11.2. The van der Waals surface area contributed by atoms with Crippen LogP contribution < -0.4 is 16.0 Å². The van der Waals surface area contributed by atoms with Crippen LogP contribution in [0.3, 0.4) is 0 Å². The molecular formula is C22H30N4O. The zero-order chi connectivity index (χ0) is 19.7. The molecule has 0 fully saturated rings. The summed E-state index contributed by atoms with van der Waals surface area (Å²) in [6, 6.07) is 18.2. The lowest BCUT2D eigenvalue weighted by atomic mass is 9.85. The summed E-state index contributed by atoms with van der Waals surface area (Å²) in [6.45, 7) is 10.1. The number of benzene rings is 2. The Kier molecular flexibility index (Phi) is 7.41. The van der Waals surface area contributed by atoms with E-state index >= 15 is 0 Å². The van der Waals surface area contributed by atoms with Gasteiger partial charge in [0.1, 0.15) is 0 Å².